The topological polar surface area (TPSA) is 82.0 Å². The van der Waals surface area contributed by atoms with Gasteiger partial charge in [0, 0.05) is 6.54 Å². The van der Waals surface area contributed by atoms with E-state index < -0.39 is 5.60 Å². The maximum absolute atomic E-state index is 12.2. The Morgan fingerprint density at radius 3 is 2.85 bits per heavy atom. The third-order valence-corrected chi connectivity index (χ3v) is 3.55. The van der Waals surface area contributed by atoms with Gasteiger partial charge in [0.2, 0.25) is 0 Å². The fraction of sp³-hybridized carbons (Fsp3) is 0.615. The Hall–Kier alpha value is -1.55. The van der Waals surface area contributed by atoms with Crippen LogP contribution in [0.3, 0.4) is 0 Å². The highest BCUT2D eigenvalue weighted by Gasteiger charge is 2.35. The second-order valence-corrected chi connectivity index (χ2v) is 6.52. The normalized spacial score (nSPS) is 18.9. The van der Waals surface area contributed by atoms with E-state index in [9.17, 15) is 4.79 Å². The van der Waals surface area contributed by atoms with Crippen molar-refractivity contribution in [3.8, 4) is 6.07 Å². The molecule has 1 aliphatic rings. The molecule has 0 spiro atoms. The monoisotopic (exact) mass is 340 g/mol. The van der Waals surface area contributed by atoms with Crippen LogP contribution in [0.1, 0.15) is 51.2 Å². The number of halogens is 1. The standard InChI is InChI=1S/C13H17BrN4O2/c1-13(2,3)20-12(19)18-6-4-5-9(18)11-16-8(7-15)10(14)17-11/h9H,4-6H2,1-3H3,(H,16,17)/t9-/m0/s1. The van der Waals surface area contributed by atoms with E-state index in [4.69, 9.17) is 10.00 Å². The van der Waals surface area contributed by atoms with Gasteiger partial charge in [0.05, 0.1) is 6.04 Å². The quantitative estimate of drug-likeness (QED) is 0.851. The number of likely N-dealkylation sites (tertiary alicyclic amines) is 1. The number of hydrogen-bond donors (Lipinski definition) is 1. The summed E-state index contributed by atoms with van der Waals surface area (Å²) in [5.74, 6) is 0.622. The van der Waals surface area contributed by atoms with Crippen LogP contribution in [-0.2, 0) is 4.74 Å². The third-order valence-electron chi connectivity index (χ3n) is 2.98. The van der Waals surface area contributed by atoms with Gasteiger partial charge in [-0.2, -0.15) is 5.26 Å². The van der Waals surface area contributed by atoms with Gasteiger partial charge < -0.3 is 9.72 Å². The van der Waals surface area contributed by atoms with Crippen molar-refractivity contribution in [2.24, 2.45) is 0 Å². The molecule has 0 aromatic carbocycles. The second-order valence-electron chi connectivity index (χ2n) is 5.73. The van der Waals surface area contributed by atoms with Crippen LogP contribution < -0.4 is 0 Å². The number of nitrogens with one attached hydrogen (secondary N) is 1. The Labute approximate surface area is 126 Å². The molecule has 1 aliphatic heterocycles. The van der Waals surface area contributed by atoms with E-state index >= 15 is 0 Å². The highest BCUT2D eigenvalue weighted by Crippen LogP contribution is 2.32. The predicted molar refractivity (Wildman–Crippen MR) is 75.9 cm³/mol. The summed E-state index contributed by atoms with van der Waals surface area (Å²) in [4.78, 5) is 21.1. The van der Waals surface area contributed by atoms with Crippen molar-refractivity contribution in [1.29, 1.82) is 5.26 Å². The van der Waals surface area contributed by atoms with Gasteiger partial charge in [-0.15, -0.1) is 0 Å². The first-order valence-electron chi connectivity index (χ1n) is 6.47. The first kappa shape index (κ1) is 14.9. The van der Waals surface area contributed by atoms with Crippen LogP contribution >= 0.6 is 15.9 Å². The summed E-state index contributed by atoms with van der Waals surface area (Å²) in [7, 11) is 0. The highest BCUT2D eigenvalue weighted by molar-refractivity contribution is 9.10. The number of H-pyrrole nitrogens is 1. The molecule has 2 heterocycles. The molecule has 1 saturated heterocycles. The Morgan fingerprint density at radius 1 is 1.60 bits per heavy atom. The lowest BCUT2D eigenvalue weighted by Crippen LogP contribution is -2.36. The van der Waals surface area contributed by atoms with Crippen molar-refractivity contribution in [3.63, 3.8) is 0 Å². The number of carbonyl (C=O) groups is 1. The van der Waals surface area contributed by atoms with E-state index in [0.717, 1.165) is 12.8 Å². The molecule has 7 heteroatoms. The second kappa shape index (κ2) is 5.44. The number of ether oxygens (including phenoxy) is 1. The lowest BCUT2D eigenvalue weighted by molar-refractivity contribution is 0.0218. The zero-order valence-corrected chi connectivity index (χ0v) is 13.3. The average Bonchev–Trinajstić information content (AvgIpc) is 2.92. The van der Waals surface area contributed by atoms with Crippen molar-refractivity contribution in [2.75, 3.05) is 6.54 Å². The SMILES string of the molecule is CC(C)(C)OC(=O)N1CCC[C@H]1c1nc(C#N)c(Br)[nH]1. The number of rotatable bonds is 1. The van der Waals surface area contributed by atoms with Crippen molar-refractivity contribution < 1.29 is 9.53 Å². The Kier molecular flexibility index (Phi) is 4.04. The number of carbonyl (C=O) groups excluding carboxylic acids is 1. The molecule has 1 amide bonds. The minimum atomic E-state index is -0.522. The molecule has 1 N–H and O–H groups in total. The summed E-state index contributed by atoms with van der Waals surface area (Å²) in [6.45, 7) is 6.16. The first-order valence-corrected chi connectivity index (χ1v) is 7.26. The largest absolute Gasteiger partial charge is 0.444 e. The van der Waals surface area contributed by atoms with Crippen LogP contribution in [0, 0.1) is 11.3 Å². The van der Waals surface area contributed by atoms with Gasteiger partial charge >= 0.3 is 6.09 Å². The maximum atomic E-state index is 12.2. The predicted octanol–water partition coefficient (Wildman–Crippen LogP) is 3.12. The molecule has 0 unspecified atom stereocenters. The summed E-state index contributed by atoms with van der Waals surface area (Å²) >= 11 is 3.25. The summed E-state index contributed by atoms with van der Waals surface area (Å²) < 4.78 is 5.95. The van der Waals surface area contributed by atoms with Gasteiger partial charge in [-0.3, -0.25) is 4.90 Å². The smallest absolute Gasteiger partial charge is 0.410 e. The molecule has 1 aromatic heterocycles. The molecule has 0 radical (unpaired) electrons. The van der Waals surface area contributed by atoms with Crippen LogP contribution in [0.15, 0.2) is 4.60 Å². The van der Waals surface area contributed by atoms with Crippen LogP contribution in [0.25, 0.3) is 0 Å². The van der Waals surface area contributed by atoms with Gasteiger partial charge in [-0.25, -0.2) is 9.78 Å². The molecule has 1 aromatic rings. The van der Waals surface area contributed by atoms with E-state index in [-0.39, 0.29) is 12.1 Å². The minimum absolute atomic E-state index is 0.164. The Balaban J connectivity index is 2.19. The highest BCUT2D eigenvalue weighted by atomic mass is 79.9. The number of nitriles is 1. The summed E-state index contributed by atoms with van der Waals surface area (Å²) in [6.07, 6.45) is 1.36. The Morgan fingerprint density at radius 2 is 2.30 bits per heavy atom. The van der Waals surface area contributed by atoms with E-state index in [0.29, 0.717) is 22.7 Å². The molecule has 1 atom stereocenters. The van der Waals surface area contributed by atoms with Gasteiger partial charge in [0.1, 0.15) is 22.1 Å². The number of nitrogens with zero attached hydrogens (tertiary/aromatic N) is 3. The summed E-state index contributed by atoms with van der Waals surface area (Å²) in [6, 6.07) is 1.83. The summed E-state index contributed by atoms with van der Waals surface area (Å²) in [5, 5.41) is 8.93. The number of aromatic amines is 1. The maximum Gasteiger partial charge on any atom is 0.410 e. The van der Waals surface area contributed by atoms with Crippen LogP contribution in [-0.4, -0.2) is 33.1 Å². The van der Waals surface area contributed by atoms with Crippen LogP contribution in [0.4, 0.5) is 4.79 Å². The molecule has 20 heavy (non-hydrogen) atoms. The van der Waals surface area contributed by atoms with E-state index in [1.54, 1.807) is 4.90 Å². The zero-order chi connectivity index (χ0) is 14.9. The molecule has 0 saturated carbocycles. The van der Waals surface area contributed by atoms with Crippen molar-refractivity contribution in [1.82, 2.24) is 14.9 Å². The van der Waals surface area contributed by atoms with Gasteiger partial charge in [-0.05, 0) is 49.5 Å². The first-order chi connectivity index (χ1) is 9.31. The third kappa shape index (κ3) is 3.12. The molecular weight excluding hydrogens is 324 g/mol. The van der Waals surface area contributed by atoms with Crippen molar-refractivity contribution in [3.05, 3.63) is 16.1 Å². The van der Waals surface area contributed by atoms with Crippen LogP contribution in [0.5, 0.6) is 0 Å². The Bertz CT molecular complexity index is 556. The van der Waals surface area contributed by atoms with Crippen LogP contribution in [0.2, 0.25) is 0 Å². The van der Waals surface area contributed by atoms with Gasteiger partial charge in [0.15, 0.2) is 5.69 Å². The number of aromatic nitrogens is 2. The van der Waals surface area contributed by atoms with Crippen molar-refractivity contribution in [2.45, 2.75) is 45.3 Å². The number of hydrogen-bond acceptors (Lipinski definition) is 4. The van der Waals surface area contributed by atoms with E-state index in [1.165, 1.54) is 0 Å². The van der Waals surface area contributed by atoms with Gasteiger partial charge in [-0.1, -0.05) is 0 Å². The fourth-order valence-electron chi connectivity index (χ4n) is 2.19. The van der Waals surface area contributed by atoms with Gasteiger partial charge in [0.25, 0.3) is 0 Å². The lowest BCUT2D eigenvalue weighted by Gasteiger charge is -2.27. The molecule has 0 aliphatic carbocycles. The fourth-order valence-corrected chi connectivity index (χ4v) is 2.57. The van der Waals surface area contributed by atoms with E-state index in [2.05, 4.69) is 25.9 Å². The molecule has 6 nitrogen and oxygen atoms in total. The molecule has 108 valence electrons. The zero-order valence-electron chi connectivity index (χ0n) is 11.7. The lowest BCUT2D eigenvalue weighted by atomic mass is 10.2. The number of imidazole rings is 1. The molecule has 1 fully saturated rings. The van der Waals surface area contributed by atoms with Crippen molar-refractivity contribution >= 4 is 22.0 Å². The molecular formula is C13H17BrN4O2. The molecule has 2 rings (SSSR count). The minimum Gasteiger partial charge on any atom is -0.444 e. The summed E-state index contributed by atoms with van der Waals surface area (Å²) in [5.41, 5.74) is -0.220. The molecule has 0 bridgehead atoms. The van der Waals surface area contributed by atoms with E-state index in [1.807, 2.05) is 26.8 Å². The average molecular weight is 341 g/mol. The number of amides is 1.